The van der Waals surface area contributed by atoms with Crippen molar-refractivity contribution >= 4 is 23.2 Å². The molecule has 4 heterocycles. The predicted octanol–water partition coefficient (Wildman–Crippen LogP) is 6.84. The number of anilines is 2. The lowest BCUT2D eigenvalue weighted by atomic mass is 9.83. The van der Waals surface area contributed by atoms with Crippen molar-refractivity contribution in [1.82, 2.24) is 9.47 Å². The first kappa shape index (κ1) is 31.7. The van der Waals surface area contributed by atoms with Gasteiger partial charge in [0.25, 0.3) is 17.4 Å². The van der Waals surface area contributed by atoms with E-state index in [1.165, 1.54) is 17.7 Å². The summed E-state index contributed by atoms with van der Waals surface area (Å²) in [6.07, 6.45) is -0.910. The van der Waals surface area contributed by atoms with E-state index in [0.717, 1.165) is 43.5 Å². The van der Waals surface area contributed by atoms with Crippen molar-refractivity contribution in [2.45, 2.75) is 44.3 Å². The van der Waals surface area contributed by atoms with Crippen LogP contribution in [0.5, 0.6) is 0 Å². The molecule has 10 heteroatoms. The molecule has 7 rings (SSSR count). The van der Waals surface area contributed by atoms with Crippen LogP contribution in [-0.4, -0.2) is 47.5 Å². The Bertz CT molecular complexity index is 1880. The Morgan fingerprint density at radius 1 is 0.812 bits per heavy atom. The molecule has 1 aromatic heterocycles. The molecule has 2 atom stereocenters. The van der Waals surface area contributed by atoms with Crippen molar-refractivity contribution in [3.63, 3.8) is 0 Å². The van der Waals surface area contributed by atoms with Crippen molar-refractivity contribution in [3.05, 3.63) is 129 Å². The zero-order valence-electron chi connectivity index (χ0n) is 26.5. The minimum atomic E-state index is -4.59. The lowest BCUT2D eigenvalue weighted by molar-refractivity contribution is -0.137. The van der Waals surface area contributed by atoms with E-state index in [4.69, 9.17) is 0 Å². The molecule has 3 aliphatic heterocycles. The summed E-state index contributed by atoms with van der Waals surface area (Å²) in [5, 5.41) is 2.86. The van der Waals surface area contributed by atoms with E-state index in [0.29, 0.717) is 55.6 Å². The highest BCUT2D eigenvalue weighted by Gasteiger charge is 2.36. The third-order valence-corrected chi connectivity index (χ3v) is 10.0. The largest absolute Gasteiger partial charge is 0.416 e. The molecule has 2 bridgehead atoms. The van der Waals surface area contributed by atoms with Crippen LogP contribution in [0.4, 0.5) is 24.5 Å². The van der Waals surface area contributed by atoms with E-state index in [1.54, 1.807) is 24.3 Å². The van der Waals surface area contributed by atoms with Gasteiger partial charge >= 0.3 is 6.18 Å². The highest BCUT2D eigenvalue weighted by atomic mass is 19.4. The molecule has 0 radical (unpaired) electrons. The number of nitrogens with zero attached hydrogens (tertiary/aromatic N) is 3. The summed E-state index contributed by atoms with van der Waals surface area (Å²) in [6.45, 7) is 3.06. The summed E-state index contributed by atoms with van der Waals surface area (Å²) < 4.78 is 42.2. The average Bonchev–Trinajstić information content (AvgIpc) is 3.09. The molecule has 0 spiro atoms. The van der Waals surface area contributed by atoms with E-state index >= 15 is 0 Å². The SMILES string of the molecule is O=C(Nc1cc(C(=O)N2CCC(Cc3ccccc3)CC2)ccc1N1CC2CC(C1)c1cccc(=O)n1C2)c1cccc(C(F)(F)F)c1. The number of aromatic nitrogens is 1. The molecular weight excluding hydrogens is 617 g/mol. The first-order valence-corrected chi connectivity index (χ1v) is 16.5. The van der Waals surface area contributed by atoms with Crippen molar-refractivity contribution in [2.75, 3.05) is 36.4 Å². The maximum absolute atomic E-state index is 13.8. The van der Waals surface area contributed by atoms with Gasteiger partial charge in [-0.1, -0.05) is 42.5 Å². The fourth-order valence-electron chi connectivity index (χ4n) is 7.64. The monoisotopic (exact) mass is 654 g/mol. The minimum Gasteiger partial charge on any atom is -0.369 e. The number of likely N-dealkylation sites (tertiary alicyclic amines) is 1. The van der Waals surface area contributed by atoms with Gasteiger partial charge < -0.3 is 19.7 Å². The molecule has 48 heavy (non-hydrogen) atoms. The highest BCUT2D eigenvalue weighted by Crippen LogP contribution is 2.40. The van der Waals surface area contributed by atoms with Crippen LogP contribution in [0.15, 0.2) is 95.8 Å². The lowest BCUT2D eigenvalue weighted by Gasteiger charge is -2.44. The van der Waals surface area contributed by atoms with E-state index < -0.39 is 17.6 Å². The van der Waals surface area contributed by atoms with Gasteiger partial charge in [0, 0.05) is 61.5 Å². The number of hydrogen-bond acceptors (Lipinski definition) is 4. The topological polar surface area (TPSA) is 74.7 Å². The van der Waals surface area contributed by atoms with Gasteiger partial charge in [0.2, 0.25) is 0 Å². The second kappa shape index (κ2) is 13.0. The normalized spacial score (nSPS) is 19.5. The standard InChI is InChI=1S/C38H37F3N4O3/c39-38(40,41)31-9-4-8-28(20-31)36(47)42-32-21-29(37(48)43-16-14-26(15-17-43)18-25-6-2-1-3-7-25)12-13-34(32)44-22-27-19-30(24-44)33-10-5-11-35(46)45(33)23-27/h1-13,20-21,26-27,30H,14-19,22-24H2,(H,42,47). The Kier molecular flexibility index (Phi) is 8.58. The fraction of sp³-hybridized carbons (Fsp3) is 0.342. The number of nitrogens with one attached hydrogen (secondary N) is 1. The van der Waals surface area contributed by atoms with Gasteiger partial charge in [0.15, 0.2) is 0 Å². The molecule has 3 aliphatic rings. The number of pyridine rings is 1. The summed E-state index contributed by atoms with van der Waals surface area (Å²) in [5.41, 5.74) is 2.68. The number of rotatable bonds is 6. The van der Waals surface area contributed by atoms with Crippen molar-refractivity contribution in [3.8, 4) is 0 Å². The zero-order valence-corrected chi connectivity index (χ0v) is 26.5. The lowest BCUT2D eigenvalue weighted by Crippen LogP contribution is -2.47. The molecule has 2 saturated heterocycles. The van der Waals surface area contributed by atoms with Crippen LogP contribution in [0.2, 0.25) is 0 Å². The molecule has 4 aromatic rings. The fourth-order valence-corrected chi connectivity index (χ4v) is 7.64. The second-order valence-corrected chi connectivity index (χ2v) is 13.3. The van der Waals surface area contributed by atoms with E-state index in [2.05, 4.69) is 22.3 Å². The second-order valence-electron chi connectivity index (χ2n) is 13.3. The van der Waals surface area contributed by atoms with Crippen molar-refractivity contribution in [1.29, 1.82) is 0 Å². The van der Waals surface area contributed by atoms with Gasteiger partial charge in [0.05, 0.1) is 16.9 Å². The number of fused-ring (bicyclic) bond motifs is 4. The molecular formula is C38H37F3N4O3. The molecule has 248 valence electrons. The number of hydrogen-bond donors (Lipinski definition) is 1. The van der Waals surface area contributed by atoms with Gasteiger partial charge in [-0.15, -0.1) is 0 Å². The molecule has 2 amide bonds. The quantitative estimate of drug-likeness (QED) is 0.247. The molecule has 2 fully saturated rings. The van der Waals surface area contributed by atoms with Crippen LogP contribution < -0.4 is 15.8 Å². The summed E-state index contributed by atoms with van der Waals surface area (Å²) in [5.74, 6) is -0.0553. The van der Waals surface area contributed by atoms with Crippen LogP contribution in [0, 0.1) is 11.8 Å². The van der Waals surface area contributed by atoms with E-state index in [1.807, 2.05) is 39.8 Å². The van der Waals surface area contributed by atoms with E-state index in [9.17, 15) is 27.6 Å². The maximum Gasteiger partial charge on any atom is 0.416 e. The Morgan fingerprint density at radius 3 is 2.35 bits per heavy atom. The summed E-state index contributed by atoms with van der Waals surface area (Å²) in [7, 11) is 0. The number of carbonyl (C=O) groups is 2. The molecule has 3 aromatic carbocycles. The first-order chi connectivity index (χ1) is 23.1. The van der Waals surface area contributed by atoms with Gasteiger partial charge in [-0.25, -0.2) is 0 Å². The molecule has 7 nitrogen and oxygen atoms in total. The van der Waals surface area contributed by atoms with Gasteiger partial charge in [0.1, 0.15) is 0 Å². The van der Waals surface area contributed by atoms with Crippen LogP contribution in [0.25, 0.3) is 0 Å². The van der Waals surface area contributed by atoms with Crippen LogP contribution >= 0.6 is 0 Å². The third kappa shape index (κ3) is 6.61. The van der Waals surface area contributed by atoms with Crippen LogP contribution in [0.3, 0.4) is 0 Å². The maximum atomic E-state index is 13.8. The van der Waals surface area contributed by atoms with Gasteiger partial charge in [-0.3, -0.25) is 14.4 Å². The van der Waals surface area contributed by atoms with Crippen LogP contribution in [-0.2, 0) is 19.1 Å². The van der Waals surface area contributed by atoms with Gasteiger partial charge in [-0.05, 0) is 85.5 Å². The third-order valence-electron chi connectivity index (χ3n) is 10.0. The predicted molar refractivity (Wildman–Crippen MR) is 178 cm³/mol. The van der Waals surface area contributed by atoms with Crippen LogP contribution in [0.1, 0.15) is 62.7 Å². The zero-order chi connectivity index (χ0) is 33.4. The molecule has 0 saturated carbocycles. The Hall–Kier alpha value is -4.86. The van der Waals surface area contributed by atoms with E-state index in [-0.39, 0.29) is 28.9 Å². The molecule has 2 unspecified atom stereocenters. The average molecular weight is 655 g/mol. The number of alkyl halides is 3. The summed E-state index contributed by atoms with van der Waals surface area (Å²) in [4.78, 5) is 43.8. The van der Waals surface area contributed by atoms with Crippen molar-refractivity contribution in [2.24, 2.45) is 11.8 Å². The van der Waals surface area contributed by atoms with Gasteiger partial charge in [-0.2, -0.15) is 13.2 Å². The minimum absolute atomic E-state index is 0.0170. The number of amides is 2. The smallest absolute Gasteiger partial charge is 0.369 e. The number of halogens is 3. The first-order valence-electron chi connectivity index (χ1n) is 16.5. The highest BCUT2D eigenvalue weighted by molar-refractivity contribution is 6.07. The molecule has 0 aliphatic carbocycles. The Labute approximate surface area is 277 Å². The van der Waals surface area contributed by atoms with Crippen molar-refractivity contribution < 1.29 is 22.8 Å². The molecule has 1 N–H and O–H groups in total. The summed E-state index contributed by atoms with van der Waals surface area (Å²) in [6, 6.07) is 25.3. The Balaban J connectivity index is 1.15. The summed E-state index contributed by atoms with van der Waals surface area (Å²) >= 11 is 0. The number of benzene rings is 3. The Morgan fingerprint density at radius 2 is 1.58 bits per heavy atom. The number of carbonyl (C=O) groups excluding carboxylic acids is 2. The number of piperidine rings is 2.